The standard InChI is InChI=1S/2C20H17F3N2O2.C19H17ClN2O2.C19H18N2O2.C17H19ClN2O2/c2*1-12-7-8-13(10-17(12)20(21,22)23)9-14(26)11-18-15-5-3-4-6-16(15)19(27)25(2)24-18;1-12-7-8-13(10-17(12)20)9-14(23)11-18-15-5-3-4-6-16(15)19(24)22(2)21-18;1-13-6-5-7-14(10-13)11-15(22)12-18-16-8-3-4-9-17(16)19(23)21(2)20-18;1-10-5-6-13(8-15(10)18)7-14(21)9-16-11(2)12(3)17(22)20(4)19-16/h2*3-8,10H,9,11H2,1-2H3;3-8,10H,9,11H2,1-2H3;3-10H,11-12H2,1-2H3;5-6,8H,7,9H2,1-4H3. The van der Waals surface area contributed by atoms with Gasteiger partial charge in [0.15, 0.2) is 0 Å². The van der Waals surface area contributed by atoms with Gasteiger partial charge in [0.1, 0.15) is 28.9 Å². The van der Waals surface area contributed by atoms with Gasteiger partial charge in [0, 0.05) is 104 Å². The Morgan fingerprint density at radius 2 is 0.520 bits per heavy atom. The molecule has 9 aromatic carbocycles. The lowest BCUT2D eigenvalue weighted by Crippen LogP contribution is -2.26. The second-order valence-corrected chi connectivity index (χ2v) is 31.0. The van der Waals surface area contributed by atoms with Crippen molar-refractivity contribution < 1.29 is 50.3 Å². The number of halogens is 8. The third kappa shape index (κ3) is 23.8. The maximum atomic E-state index is 13.0. The Hall–Kier alpha value is -13.1. The van der Waals surface area contributed by atoms with E-state index in [0.29, 0.717) is 107 Å². The van der Waals surface area contributed by atoms with Crippen LogP contribution < -0.4 is 27.8 Å². The van der Waals surface area contributed by atoms with Gasteiger partial charge in [-0.3, -0.25) is 47.9 Å². The summed E-state index contributed by atoms with van der Waals surface area (Å²) in [6, 6.07) is 55.2. The van der Waals surface area contributed by atoms with E-state index in [-0.39, 0.29) is 113 Å². The summed E-state index contributed by atoms with van der Waals surface area (Å²) in [5, 5.41) is 27.1. The van der Waals surface area contributed by atoms with E-state index in [1.165, 1.54) is 75.6 Å². The van der Waals surface area contributed by atoms with Crippen LogP contribution in [0.4, 0.5) is 26.3 Å². The van der Waals surface area contributed by atoms with Crippen LogP contribution in [-0.4, -0.2) is 77.8 Å². The number of Topliss-reactive ketones (excluding diaryl/α,β-unsaturated/α-hetero) is 5. The van der Waals surface area contributed by atoms with Gasteiger partial charge >= 0.3 is 12.4 Å². The van der Waals surface area contributed by atoms with Crippen LogP contribution in [0.25, 0.3) is 43.1 Å². The Balaban J connectivity index is 0.000000161. The molecule has 0 bridgehead atoms. The van der Waals surface area contributed by atoms with Crippen LogP contribution in [0.1, 0.15) is 106 Å². The van der Waals surface area contributed by atoms with Crippen molar-refractivity contribution >= 4 is 95.2 Å². The molecule has 14 rings (SSSR count). The van der Waals surface area contributed by atoms with Gasteiger partial charge in [0.2, 0.25) is 0 Å². The highest BCUT2D eigenvalue weighted by Crippen LogP contribution is 2.35. The van der Waals surface area contributed by atoms with Gasteiger partial charge in [-0.15, -0.1) is 0 Å². The minimum absolute atomic E-state index is 0.0335. The molecule has 0 fully saturated rings. The van der Waals surface area contributed by atoms with Gasteiger partial charge in [-0.25, -0.2) is 23.4 Å². The normalized spacial score (nSPS) is 11.3. The van der Waals surface area contributed by atoms with Crippen molar-refractivity contribution in [1.82, 2.24) is 48.9 Å². The SMILES string of the molecule is Cc1ccc(CC(=O)Cc2nn(C)c(=O)c(C)c2C)cc1Cl.Cc1ccc(CC(=O)Cc2nn(C)c(=O)c3ccccc23)cc1C(F)(F)F.Cc1ccc(CC(=O)Cc2nn(C)c(=O)c3ccccc23)cc1C(F)(F)F.Cc1ccc(CC(=O)Cc2nn(C)c(=O)c3ccccc23)cc1Cl.Cc1cccc(CC(=O)Cc2nn(C)c(=O)c3ccccc23)c1. The predicted octanol–water partition coefficient (Wildman–Crippen LogP) is 15.8. The van der Waals surface area contributed by atoms with Gasteiger partial charge < -0.3 is 0 Å². The first-order chi connectivity index (χ1) is 58.1. The van der Waals surface area contributed by atoms with E-state index >= 15 is 0 Å². The molecule has 5 aromatic heterocycles. The molecule has 0 aliphatic rings. The van der Waals surface area contributed by atoms with Crippen LogP contribution in [-0.2, 0) is 136 Å². The molecule has 634 valence electrons. The van der Waals surface area contributed by atoms with Crippen LogP contribution >= 0.6 is 23.2 Å². The molecule has 28 heteroatoms. The second-order valence-electron chi connectivity index (χ2n) is 30.2. The van der Waals surface area contributed by atoms with E-state index in [4.69, 9.17) is 23.2 Å². The molecule has 0 aliphatic heterocycles. The Labute approximate surface area is 713 Å². The topological polar surface area (TPSA) is 260 Å². The van der Waals surface area contributed by atoms with Crippen molar-refractivity contribution in [3.8, 4) is 0 Å². The van der Waals surface area contributed by atoms with Gasteiger partial charge in [-0.05, 0) is 153 Å². The van der Waals surface area contributed by atoms with Crippen LogP contribution in [0.5, 0.6) is 0 Å². The number of aromatic nitrogens is 10. The van der Waals surface area contributed by atoms with Gasteiger partial charge in [-0.1, -0.05) is 174 Å². The highest BCUT2D eigenvalue weighted by Gasteiger charge is 2.34. The molecule has 5 heterocycles. The lowest BCUT2D eigenvalue weighted by molar-refractivity contribution is -0.138. The number of hydrogen-bond donors (Lipinski definition) is 0. The summed E-state index contributed by atoms with van der Waals surface area (Å²) < 4.78 is 84.5. The fraction of sp³-hybridized carbons (Fsp3) is 0.253. The summed E-state index contributed by atoms with van der Waals surface area (Å²) in [6.07, 6.45) is -7.73. The molecule has 0 aliphatic carbocycles. The molecule has 0 N–H and O–H groups in total. The molecule has 0 amide bonds. The summed E-state index contributed by atoms with van der Waals surface area (Å²) in [6.45, 7) is 12.2. The molecule has 123 heavy (non-hydrogen) atoms. The van der Waals surface area contributed by atoms with Crippen molar-refractivity contribution in [3.05, 3.63) is 362 Å². The van der Waals surface area contributed by atoms with E-state index in [9.17, 15) is 74.3 Å². The highest BCUT2D eigenvalue weighted by atomic mass is 35.5. The zero-order chi connectivity index (χ0) is 89.6. The van der Waals surface area contributed by atoms with Crippen molar-refractivity contribution in [2.45, 2.75) is 125 Å². The molecule has 0 atom stereocenters. The van der Waals surface area contributed by atoms with Crippen molar-refractivity contribution in [3.63, 3.8) is 0 Å². The van der Waals surface area contributed by atoms with Gasteiger partial charge in [-0.2, -0.15) is 51.8 Å². The summed E-state index contributed by atoms with van der Waals surface area (Å²) in [7, 11) is 7.81. The first-order valence-electron chi connectivity index (χ1n) is 38.9. The molecule has 20 nitrogen and oxygen atoms in total. The Bertz CT molecular complexity index is 6590. The molecule has 0 spiro atoms. The highest BCUT2D eigenvalue weighted by molar-refractivity contribution is 6.31. The van der Waals surface area contributed by atoms with E-state index in [2.05, 4.69) is 25.5 Å². The van der Waals surface area contributed by atoms with E-state index in [0.717, 1.165) is 61.8 Å². The number of rotatable bonds is 20. The van der Waals surface area contributed by atoms with E-state index in [1.54, 1.807) is 88.7 Å². The molecule has 0 saturated heterocycles. The fourth-order valence-electron chi connectivity index (χ4n) is 14.0. The third-order valence-electron chi connectivity index (χ3n) is 20.6. The third-order valence-corrected chi connectivity index (χ3v) is 21.4. The van der Waals surface area contributed by atoms with Crippen molar-refractivity contribution in [2.24, 2.45) is 35.2 Å². The zero-order valence-electron chi connectivity index (χ0n) is 69.6. The monoisotopic (exact) mass is 1710 g/mol. The lowest BCUT2D eigenvalue weighted by atomic mass is 9.99. The molecule has 0 unspecified atom stereocenters. The van der Waals surface area contributed by atoms with Crippen LogP contribution in [0, 0.1) is 48.5 Å². The lowest BCUT2D eigenvalue weighted by Gasteiger charge is -2.12. The van der Waals surface area contributed by atoms with Crippen LogP contribution in [0.15, 0.2) is 218 Å². The minimum atomic E-state index is -4.46. The number of carbonyl (C=O) groups excluding carboxylic acids is 5. The predicted molar refractivity (Wildman–Crippen MR) is 465 cm³/mol. The Kier molecular flexibility index (Phi) is 30.1. The summed E-state index contributed by atoms with van der Waals surface area (Å²) in [5.41, 5.74) is 8.49. The summed E-state index contributed by atoms with van der Waals surface area (Å²) in [4.78, 5) is 122. The van der Waals surface area contributed by atoms with Crippen LogP contribution in [0.2, 0.25) is 10.0 Å². The quantitative estimate of drug-likeness (QED) is 0.0642. The van der Waals surface area contributed by atoms with E-state index < -0.39 is 23.5 Å². The number of alkyl halides is 6. The number of carbonyl (C=O) groups is 5. The first-order valence-corrected chi connectivity index (χ1v) is 39.7. The molecule has 0 saturated carbocycles. The zero-order valence-corrected chi connectivity index (χ0v) is 71.1. The van der Waals surface area contributed by atoms with Gasteiger partial charge in [0.05, 0.1) is 93.2 Å². The summed E-state index contributed by atoms with van der Waals surface area (Å²) >= 11 is 12.2. The number of hydrogen-bond acceptors (Lipinski definition) is 15. The first kappa shape index (κ1) is 92.2. The van der Waals surface area contributed by atoms with E-state index in [1.807, 2.05) is 125 Å². The van der Waals surface area contributed by atoms with Crippen molar-refractivity contribution in [2.75, 3.05) is 0 Å². The second kappa shape index (κ2) is 40.1. The maximum absolute atomic E-state index is 13.0. The Morgan fingerprint density at radius 3 is 0.797 bits per heavy atom. The number of benzene rings is 9. The number of aryl methyl sites for hydroxylation is 10. The molecule has 0 radical (unpaired) electrons. The Morgan fingerprint density at radius 1 is 0.276 bits per heavy atom. The maximum Gasteiger partial charge on any atom is 0.416 e. The number of fused-ring (bicyclic) bond motifs is 4. The van der Waals surface area contributed by atoms with Crippen molar-refractivity contribution in [1.29, 1.82) is 0 Å². The minimum Gasteiger partial charge on any atom is -0.299 e. The number of ketones is 5. The molecular weight excluding hydrogens is 1630 g/mol. The van der Waals surface area contributed by atoms with Gasteiger partial charge in [0.25, 0.3) is 27.8 Å². The average molecular weight is 1710 g/mol. The smallest absolute Gasteiger partial charge is 0.299 e. The largest absolute Gasteiger partial charge is 0.416 e. The fourth-order valence-corrected chi connectivity index (χ4v) is 14.4. The van der Waals surface area contributed by atoms with Crippen LogP contribution in [0.3, 0.4) is 0 Å². The summed E-state index contributed by atoms with van der Waals surface area (Å²) in [5.74, 6) is -0.377. The number of nitrogens with zero attached hydrogens (tertiary/aromatic N) is 10. The average Bonchev–Trinajstić information content (AvgIpc) is 0.786. The molecular formula is C95H88Cl2F6N10O10. The molecule has 14 aromatic rings.